The number of aromatic nitrogens is 3. The fourth-order valence-corrected chi connectivity index (χ4v) is 4.36. The molecule has 0 bridgehead atoms. The summed E-state index contributed by atoms with van der Waals surface area (Å²) in [6.07, 6.45) is 6.43. The number of hydrogen-bond donors (Lipinski definition) is 0. The molecule has 1 aromatic heterocycles. The summed E-state index contributed by atoms with van der Waals surface area (Å²) in [4.78, 5) is 25.5. The van der Waals surface area contributed by atoms with Crippen LogP contribution in [0.5, 0.6) is 0 Å². The molecule has 3 heterocycles. The highest BCUT2D eigenvalue weighted by Crippen LogP contribution is 2.29. The topological polar surface area (TPSA) is 94.2 Å². The van der Waals surface area contributed by atoms with E-state index in [4.69, 9.17) is 0 Å². The minimum atomic E-state index is -0.419. The van der Waals surface area contributed by atoms with Gasteiger partial charge in [0.05, 0.1) is 4.92 Å². The van der Waals surface area contributed by atoms with Gasteiger partial charge in [0.25, 0.3) is 11.6 Å². The highest BCUT2D eigenvalue weighted by atomic mass is 16.6. The maximum atomic E-state index is 13.0. The van der Waals surface area contributed by atoms with Crippen LogP contribution in [0.1, 0.15) is 65.6 Å². The molecule has 1 aromatic carbocycles. The van der Waals surface area contributed by atoms with E-state index in [0.29, 0.717) is 24.2 Å². The number of hydrogen-bond acceptors (Lipinski definition) is 5. The Balaban J connectivity index is 1.53. The minimum Gasteiger partial charge on any atom is -0.338 e. The predicted molar refractivity (Wildman–Crippen MR) is 103 cm³/mol. The number of carbonyl (C=O) groups is 1. The predicted octanol–water partition coefficient (Wildman–Crippen LogP) is 3.24. The van der Waals surface area contributed by atoms with Gasteiger partial charge in [-0.05, 0) is 44.7 Å². The number of rotatable bonds is 3. The van der Waals surface area contributed by atoms with Crippen molar-refractivity contribution >= 4 is 11.6 Å². The molecule has 1 unspecified atom stereocenters. The van der Waals surface area contributed by atoms with Crippen LogP contribution in [-0.4, -0.2) is 43.6 Å². The molecule has 1 atom stereocenters. The molecule has 4 rings (SSSR count). The van der Waals surface area contributed by atoms with Crippen LogP contribution in [0.15, 0.2) is 18.2 Å². The molecule has 8 nitrogen and oxygen atoms in total. The van der Waals surface area contributed by atoms with E-state index in [1.165, 1.54) is 12.5 Å². The Kier molecular flexibility index (Phi) is 5.11. The molecular formula is C20H25N5O3. The third-order valence-corrected chi connectivity index (χ3v) is 5.85. The van der Waals surface area contributed by atoms with Crippen LogP contribution < -0.4 is 0 Å². The van der Waals surface area contributed by atoms with Crippen molar-refractivity contribution in [2.24, 2.45) is 0 Å². The number of nitro groups is 1. The van der Waals surface area contributed by atoms with Gasteiger partial charge in [-0.2, -0.15) is 0 Å². The number of likely N-dealkylation sites (tertiary alicyclic amines) is 1. The number of carbonyl (C=O) groups excluding carboxylic acids is 1. The zero-order valence-electron chi connectivity index (χ0n) is 16.1. The van der Waals surface area contributed by atoms with Crippen LogP contribution in [0, 0.1) is 17.0 Å². The molecule has 28 heavy (non-hydrogen) atoms. The number of benzene rings is 1. The second-order valence-corrected chi connectivity index (χ2v) is 7.79. The lowest BCUT2D eigenvalue weighted by Gasteiger charge is -2.32. The van der Waals surface area contributed by atoms with Gasteiger partial charge in [0, 0.05) is 49.2 Å². The summed E-state index contributed by atoms with van der Waals surface area (Å²) in [5.74, 6) is 2.20. The number of piperidine rings is 1. The summed E-state index contributed by atoms with van der Waals surface area (Å²) >= 11 is 0. The smallest absolute Gasteiger partial charge is 0.272 e. The number of fused-ring (bicyclic) bond motifs is 1. The van der Waals surface area contributed by atoms with Crippen molar-refractivity contribution in [1.82, 2.24) is 19.7 Å². The van der Waals surface area contributed by atoms with Gasteiger partial charge in [-0.3, -0.25) is 14.9 Å². The van der Waals surface area contributed by atoms with Gasteiger partial charge < -0.3 is 9.47 Å². The molecule has 0 saturated carbocycles. The highest BCUT2D eigenvalue weighted by molar-refractivity contribution is 5.94. The van der Waals surface area contributed by atoms with Crippen LogP contribution in [0.3, 0.4) is 0 Å². The van der Waals surface area contributed by atoms with Gasteiger partial charge in [0.2, 0.25) is 0 Å². The Morgan fingerprint density at radius 1 is 1.18 bits per heavy atom. The monoisotopic (exact) mass is 383 g/mol. The highest BCUT2D eigenvalue weighted by Gasteiger charge is 2.30. The van der Waals surface area contributed by atoms with E-state index in [1.54, 1.807) is 19.1 Å². The lowest BCUT2D eigenvalue weighted by molar-refractivity contribution is -0.385. The van der Waals surface area contributed by atoms with E-state index in [9.17, 15) is 14.9 Å². The van der Waals surface area contributed by atoms with Gasteiger partial charge in [0.1, 0.15) is 11.6 Å². The molecule has 1 saturated heterocycles. The third-order valence-electron chi connectivity index (χ3n) is 5.85. The van der Waals surface area contributed by atoms with Gasteiger partial charge in [0.15, 0.2) is 0 Å². The molecular weight excluding hydrogens is 358 g/mol. The summed E-state index contributed by atoms with van der Waals surface area (Å²) < 4.78 is 2.27. The summed E-state index contributed by atoms with van der Waals surface area (Å²) in [5.41, 5.74) is 1.05. The van der Waals surface area contributed by atoms with E-state index < -0.39 is 4.92 Å². The first-order valence-electron chi connectivity index (χ1n) is 10.0. The number of nitrogens with zero attached hydrogens (tertiary/aromatic N) is 5. The van der Waals surface area contributed by atoms with Crippen molar-refractivity contribution in [2.45, 2.75) is 57.9 Å². The van der Waals surface area contributed by atoms with E-state index in [2.05, 4.69) is 14.8 Å². The molecule has 2 aromatic rings. The Morgan fingerprint density at radius 3 is 2.82 bits per heavy atom. The van der Waals surface area contributed by atoms with Crippen molar-refractivity contribution in [3.8, 4) is 0 Å². The molecule has 0 radical (unpaired) electrons. The number of nitro benzene ring substituents is 1. The molecule has 148 valence electrons. The van der Waals surface area contributed by atoms with E-state index in [1.807, 2.05) is 4.90 Å². The zero-order chi connectivity index (χ0) is 19.7. The zero-order valence-corrected chi connectivity index (χ0v) is 16.1. The third kappa shape index (κ3) is 3.50. The first-order chi connectivity index (χ1) is 13.5. The lowest BCUT2D eigenvalue weighted by atomic mass is 9.96. The van der Waals surface area contributed by atoms with Gasteiger partial charge in [-0.15, -0.1) is 10.2 Å². The lowest BCUT2D eigenvalue weighted by Crippen LogP contribution is -2.39. The Labute approximate surface area is 163 Å². The van der Waals surface area contributed by atoms with Gasteiger partial charge in [-0.25, -0.2) is 0 Å². The molecule has 8 heteroatoms. The van der Waals surface area contributed by atoms with Crippen LogP contribution in [0.4, 0.5) is 5.69 Å². The summed E-state index contributed by atoms with van der Waals surface area (Å²) in [7, 11) is 0. The van der Waals surface area contributed by atoms with Crippen molar-refractivity contribution in [3.63, 3.8) is 0 Å². The standard InChI is InChI=1S/C20H25N5O3/c1-14-12-15(8-9-17(14)25(27)28)20(26)23-10-5-6-16(13-23)19-22-21-18-7-3-2-4-11-24(18)19/h8-9,12,16H,2-7,10-11,13H2,1H3. The number of amides is 1. The molecule has 1 amide bonds. The second-order valence-electron chi connectivity index (χ2n) is 7.79. The minimum absolute atomic E-state index is 0.0409. The molecule has 1 fully saturated rings. The average Bonchev–Trinajstić information content (AvgIpc) is 2.95. The quantitative estimate of drug-likeness (QED) is 0.599. The second kappa shape index (κ2) is 7.69. The summed E-state index contributed by atoms with van der Waals surface area (Å²) in [6, 6.07) is 4.59. The van der Waals surface area contributed by atoms with E-state index in [-0.39, 0.29) is 17.5 Å². The van der Waals surface area contributed by atoms with Crippen LogP contribution >= 0.6 is 0 Å². The maximum absolute atomic E-state index is 13.0. The molecule has 2 aliphatic heterocycles. The molecule has 0 aliphatic carbocycles. The molecule has 0 spiro atoms. The molecule has 2 aliphatic rings. The Hall–Kier alpha value is -2.77. The van der Waals surface area contributed by atoms with Crippen LogP contribution in [0.2, 0.25) is 0 Å². The van der Waals surface area contributed by atoms with E-state index >= 15 is 0 Å². The Bertz CT molecular complexity index is 907. The fraction of sp³-hybridized carbons (Fsp3) is 0.550. The largest absolute Gasteiger partial charge is 0.338 e. The van der Waals surface area contributed by atoms with Gasteiger partial charge in [-0.1, -0.05) is 6.42 Å². The van der Waals surface area contributed by atoms with Crippen molar-refractivity contribution in [3.05, 3.63) is 51.1 Å². The van der Waals surface area contributed by atoms with E-state index in [0.717, 1.165) is 50.3 Å². The Morgan fingerprint density at radius 2 is 2.04 bits per heavy atom. The first-order valence-corrected chi connectivity index (χ1v) is 10.0. The fourth-order valence-electron chi connectivity index (χ4n) is 4.36. The number of aryl methyl sites for hydroxylation is 2. The SMILES string of the molecule is Cc1cc(C(=O)N2CCCC(c3nnc4n3CCCCC4)C2)ccc1[N+](=O)[O-]. The molecule has 0 N–H and O–H groups in total. The van der Waals surface area contributed by atoms with Crippen molar-refractivity contribution in [1.29, 1.82) is 0 Å². The normalized spacial score (nSPS) is 19.8. The first kappa shape index (κ1) is 18.6. The van der Waals surface area contributed by atoms with Crippen LogP contribution in [0.25, 0.3) is 0 Å². The summed E-state index contributed by atoms with van der Waals surface area (Å²) in [5, 5.41) is 19.9. The van der Waals surface area contributed by atoms with Crippen LogP contribution in [-0.2, 0) is 13.0 Å². The maximum Gasteiger partial charge on any atom is 0.272 e. The van der Waals surface area contributed by atoms with Gasteiger partial charge >= 0.3 is 0 Å². The average molecular weight is 383 g/mol. The van der Waals surface area contributed by atoms with Crippen molar-refractivity contribution < 1.29 is 9.72 Å². The summed E-state index contributed by atoms with van der Waals surface area (Å²) in [6.45, 7) is 3.95. The van der Waals surface area contributed by atoms with Crippen molar-refractivity contribution in [2.75, 3.05) is 13.1 Å².